The number of rotatable bonds is 23. The van der Waals surface area contributed by atoms with Gasteiger partial charge < -0.3 is 38.0 Å². The average Bonchev–Trinajstić information content (AvgIpc) is 1.39. The summed E-state index contributed by atoms with van der Waals surface area (Å²) in [5.41, 5.74) is 15.2. The summed E-state index contributed by atoms with van der Waals surface area (Å²) in [6.07, 6.45) is 12.7. The van der Waals surface area contributed by atoms with E-state index in [0.29, 0.717) is 89.0 Å². The molecule has 18 rings (SSSR count). The predicted octanol–water partition coefficient (Wildman–Crippen LogP) is 17.6. The number of aryl methyl sites for hydroxylation is 7. The molecule has 0 radical (unpaired) electrons. The van der Waals surface area contributed by atoms with Crippen molar-refractivity contribution in [1.82, 2.24) is 57.4 Å². The Bertz CT molecular complexity index is 7540. The number of esters is 2. The maximum absolute atomic E-state index is 13.5. The van der Waals surface area contributed by atoms with Gasteiger partial charge in [-0.05, 0) is 139 Å². The van der Waals surface area contributed by atoms with Gasteiger partial charge in [0.2, 0.25) is 0 Å². The molecule has 4 unspecified atom stereocenters. The Kier molecular flexibility index (Phi) is 26.1. The van der Waals surface area contributed by atoms with Crippen molar-refractivity contribution < 1.29 is 38.9 Å². The first-order chi connectivity index (χ1) is 61.9. The number of carboxylic acid groups (broad SMARTS) is 2. The molecule has 0 aliphatic carbocycles. The van der Waals surface area contributed by atoms with Crippen LogP contribution in [-0.4, -0.2) is 105 Å². The summed E-state index contributed by atoms with van der Waals surface area (Å²) >= 11 is 0. The molecule has 0 bridgehead atoms. The van der Waals surface area contributed by atoms with Crippen LogP contribution < -0.4 is 22.2 Å². The Morgan fingerprint density at radius 3 is 0.992 bits per heavy atom. The van der Waals surface area contributed by atoms with Crippen LogP contribution in [0.2, 0.25) is 0 Å². The van der Waals surface area contributed by atoms with E-state index in [0.717, 1.165) is 93.7 Å². The minimum Gasteiger partial charge on any atom is -0.480 e. The number of aromatic nitrogens is 12. The smallest absolute Gasteiger partial charge is 0.335 e. The quantitative estimate of drug-likeness (QED) is 0.0563. The predicted molar refractivity (Wildman–Crippen MR) is 502 cm³/mol. The molecule has 128 heavy (non-hydrogen) atoms. The van der Waals surface area contributed by atoms with Gasteiger partial charge in [-0.3, -0.25) is 19.2 Å². The SMILES string of the molecule is CCCC(C(=O)O)n1nc(Cc2cn(C)c3cccc(C)c23)c2ccccc2c1=O.CCCC(C(=O)OCC)n1nc(Cc2cn(C)c3cccc(C)c23)c2ccccc2c1=O.COC(=O)C(c1ccccc1)n1nc(Cc2cn(C)c3cccc(C)c23)c2ccccc2c1=O.Cn1cc(Cc2nn(C(C(=O)O)c3ccccc3)c(=O)c3ccccc23)c2ccccc21. The molecular weight excluding hydrogens is 1610 g/mol. The van der Waals surface area contributed by atoms with Crippen LogP contribution >= 0.6 is 0 Å². The molecule has 0 amide bonds. The summed E-state index contributed by atoms with van der Waals surface area (Å²) < 4.78 is 23.6. The zero-order valence-electron chi connectivity index (χ0n) is 73.3. The van der Waals surface area contributed by atoms with Gasteiger partial charge in [0, 0.05) is 144 Å². The minimum atomic E-state index is -1.21. The van der Waals surface area contributed by atoms with Gasteiger partial charge in [-0.15, -0.1) is 0 Å². The molecule has 10 aromatic carbocycles. The second-order valence-electron chi connectivity index (χ2n) is 32.3. The molecule has 0 fully saturated rings. The summed E-state index contributed by atoms with van der Waals surface area (Å²) in [6, 6.07) is 70.3. The van der Waals surface area contributed by atoms with Gasteiger partial charge in [0.15, 0.2) is 24.2 Å². The number of aliphatic carboxylic acids is 2. The first kappa shape index (κ1) is 87.7. The van der Waals surface area contributed by atoms with Crippen molar-refractivity contribution in [3.63, 3.8) is 0 Å². The molecule has 0 aliphatic rings. The second-order valence-corrected chi connectivity index (χ2v) is 32.3. The van der Waals surface area contributed by atoms with Gasteiger partial charge in [0.25, 0.3) is 22.2 Å². The van der Waals surface area contributed by atoms with E-state index in [1.165, 1.54) is 54.0 Å². The largest absolute Gasteiger partial charge is 0.480 e. The Hall–Kier alpha value is -15.2. The number of carbonyl (C=O) groups is 4. The highest BCUT2D eigenvalue weighted by Gasteiger charge is 2.32. The lowest BCUT2D eigenvalue weighted by atomic mass is 10.0. The Balaban J connectivity index is 0.000000131. The molecule has 8 heterocycles. The van der Waals surface area contributed by atoms with Crippen molar-refractivity contribution in [1.29, 1.82) is 0 Å². The fourth-order valence-electron chi connectivity index (χ4n) is 17.9. The molecule has 24 heteroatoms. The monoisotopic (exact) mass is 1710 g/mol. The highest BCUT2D eigenvalue weighted by Crippen LogP contribution is 2.34. The number of benzene rings is 10. The zero-order valence-corrected chi connectivity index (χ0v) is 73.3. The molecule has 18 aromatic rings. The maximum Gasteiger partial charge on any atom is 0.335 e. The molecule has 24 nitrogen and oxygen atoms in total. The lowest BCUT2D eigenvalue weighted by molar-refractivity contribution is -0.148. The van der Waals surface area contributed by atoms with E-state index in [1.807, 2.05) is 151 Å². The topological polar surface area (TPSA) is 286 Å². The Morgan fingerprint density at radius 2 is 0.625 bits per heavy atom. The van der Waals surface area contributed by atoms with Gasteiger partial charge >= 0.3 is 23.9 Å². The van der Waals surface area contributed by atoms with E-state index < -0.39 is 53.6 Å². The standard InChI is InChI=1S/C28H25N3O3.C26H21N3O3.C26H29N3O3.C24H25N3O3/c1-18-10-9-15-24-25(18)20(17-30(24)2)16-23-21-13-7-8-14-22(21)27(32)31(29-23)26(28(33)34-3)19-11-5-4-6-12-19;1-28-16-18(19-11-7-8-14-23(19)28)15-22-20-12-5-6-13-21(20)25(30)29(27-22)24(26(31)32)17-9-3-2-4-10-17;1-5-10-23(26(31)32-6-2)29-25(30)20-13-8-7-12-19(20)21(27-29)15-18-16-28(4)22-14-9-11-17(3)24(18)22;1-4-8-21(24(29)30)27-23(28)18-11-6-5-10-17(18)19(25-27)13-16-14-26(3)20-12-7-9-15(2)22(16)20/h4-15,17,26H,16H2,1-3H3;2-14,16,24H,15H2,1H3,(H,31,32);7-9,11-14,16,23H,5-6,10,15H2,1-4H3;5-7,9-12,14,21H,4,8,13H2,1-3H3,(H,29,30). The normalized spacial score (nSPS) is 12.3. The summed E-state index contributed by atoms with van der Waals surface area (Å²) in [7, 11) is 9.40. The van der Waals surface area contributed by atoms with Crippen molar-refractivity contribution in [2.75, 3.05) is 13.7 Å². The lowest BCUT2D eigenvalue weighted by Gasteiger charge is -2.19. The van der Waals surface area contributed by atoms with Crippen molar-refractivity contribution >= 4 is 111 Å². The summed E-state index contributed by atoms with van der Waals surface area (Å²) in [4.78, 5) is 103. The molecule has 8 aromatic heterocycles. The maximum atomic E-state index is 13.5. The van der Waals surface area contributed by atoms with E-state index in [9.17, 15) is 48.6 Å². The van der Waals surface area contributed by atoms with Crippen molar-refractivity contribution in [3.05, 3.63) is 376 Å². The number of para-hydroxylation sites is 1. The number of carboxylic acids is 2. The molecule has 0 saturated carbocycles. The van der Waals surface area contributed by atoms with Crippen molar-refractivity contribution in [2.24, 2.45) is 28.2 Å². The number of nitrogens with zero attached hydrogens (tertiary/aromatic N) is 12. The third-order valence-electron chi connectivity index (χ3n) is 23.9. The van der Waals surface area contributed by atoms with Gasteiger partial charge in [0.05, 0.1) is 58.0 Å². The molecule has 0 saturated heterocycles. The highest BCUT2D eigenvalue weighted by molar-refractivity contribution is 5.94. The van der Waals surface area contributed by atoms with Gasteiger partial charge in [0.1, 0.15) is 0 Å². The van der Waals surface area contributed by atoms with Crippen LogP contribution in [0.15, 0.2) is 281 Å². The number of carbonyl (C=O) groups excluding carboxylic acids is 2. The van der Waals surface area contributed by atoms with E-state index in [2.05, 4.69) is 135 Å². The van der Waals surface area contributed by atoms with E-state index in [1.54, 1.807) is 73.7 Å². The van der Waals surface area contributed by atoms with E-state index in [4.69, 9.17) is 19.7 Å². The molecule has 0 aliphatic heterocycles. The number of hydrogen-bond donors (Lipinski definition) is 2. The fourth-order valence-corrected chi connectivity index (χ4v) is 17.9. The second kappa shape index (κ2) is 38.1. The van der Waals surface area contributed by atoms with Gasteiger partial charge in [-0.2, -0.15) is 20.4 Å². The zero-order chi connectivity index (χ0) is 90.3. The van der Waals surface area contributed by atoms with Crippen molar-refractivity contribution in [2.45, 2.75) is 117 Å². The van der Waals surface area contributed by atoms with Crippen LogP contribution in [0.4, 0.5) is 0 Å². The molecule has 2 N–H and O–H groups in total. The van der Waals surface area contributed by atoms with E-state index in [-0.39, 0.29) is 23.3 Å². The lowest BCUT2D eigenvalue weighted by Crippen LogP contribution is -2.34. The molecule has 0 spiro atoms. The Morgan fingerprint density at radius 1 is 0.328 bits per heavy atom. The molecule has 648 valence electrons. The van der Waals surface area contributed by atoms with Crippen LogP contribution in [0.3, 0.4) is 0 Å². The summed E-state index contributed by atoms with van der Waals surface area (Å²) in [6.45, 7) is 12.2. The summed E-state index contributed by atoms with van der Waals surface area (Å²) in [5, 5.41) is 48.3. The third-order valence-corrected chi connectivity index (χ3v) is 23.9. The van der Waals surface area contributed by atoms with Gasteiger partial charge in [-0.25, -0.2) is 37.9 Å². The third kappa shape index (κ3) is 17.4. The van der Waals surface area contributed by atoms with Crippen LogP contribution in [0.25, 0.3) is 86.7 Å². The van der Waals surface area contributed by atoms with E-state index >= 15 is 0 Å². The Labute approximate surface area is 737 Å². The van der Waals surface area contributed by atoms with Crippen LogP contribution in [0.1, 0.15) is 143 Å². The average molecular weight is 1710 g/mol. The number of hydrogen-bond acceptors (Lipinski definition) is 14. The number of methoxy groups -OCH3 is 1. The molecule has 4 atom stereocenters. The molecular formula is C104H100N12O12. The first-order valence-corrected chi connectivity index (χ1v) is 42.9. The number of fused-ring (bicyclic) bond motifs is 8. The van der Waals surface area contributed by atoms with Crippen molar-refractivity contribution in [3.8, 4) is 0 Å². The minimum absolute atomic E-state index is 0.259. The fraction of sp³-hybridized carbons (Fsp3) is 0.231. The highest BCUT2D eigenvalue weighted by atomic mass is 16.5. The van der Waals surface area contributed by atoms with Crippen LogP contribution in [0.5, 0.6) is 0 Å². The summed E-state index contributed by atoms with van der Waals surface area (Å²) in [5.74, 6) is -3.11. The number of ether oxygens (including phenoxy) is 2. The van der Waals surface area contributed by atoms with Crippen LogP contribution in [0, 0.1) is 20.8 Å². The first-order valence-electron chi connectivity index (χ1n) is 42.9. The van der Waals surface area contributed by atoms with Crippen LogP contribution in [-0.2, 0) is 82.5 Å². The van der Waals surface area contributed by atoms with Gasteiger partial charge in [-0.1, -0.05) is 215 Å².